The maximum atomic E-state index is 12.6. The number of amides is 1. The number of rotatable bonds is 7. The summed E-state index contributed by atoms with van der Waals surface area (Å²) in [6, 6.07) is 14.6. The van der Waals surface area contributed by atoms with Gasteiger partial charge in [0.2, 0.25) is 0 Å². The van der Waals surface area contributed by atoms with Gasteiger partial charge in [0.15, 0.2) is 5.13 Å². The monoisotopic (exact) mass is 438 g/mol. The van der Waals surface area contributed by atoms with E-state index >= 15 is 0 Å². The van der Waals surface area contributed by atoms with Gasteiger partial charge in [0.25, 0.3) is 5.91 Å². The van der Waals surface area contributed by atoms with E-state index in [0.29, 0.717) is 23.1 Å². The van der Waals surface area contributed by atoms with Crippen LogP contribution in [0.2, 0.25) is 0 Å². The number of aryl methyl sites for hydroxylation is 1. The molecule has 0 aliphatic rings. The van der Waals surface area contributed by atoms with Crippen LogP contribution in [-0.4, -0.2) is 26.7 Å². The molecule has 1 N–H and O–H groups in total. The van der Waals surface area contributed by atoms with Crippen LogP contribution >= 0.6 is 23.1 Å². The predicted molar refractivity (Wildman–Crippen MR) is 117 cm³/mol. The van der Waals surface area contributed by atoms with E-state index in [0.717, 1.165) is 40.1 Å². The van der Waals surface area contributed by atoms with Crippen molar-refractivity contribution in [3.05, 3.63) is 70.9 Å². The molecule has 30 heavy (non-hydrogen) atoms. The highest BCUT2D eigenvalue weighted by Crippen LogP contribution is 2.27. The van der Waals surface area contributed by atoms with Crippen LogP contribution in [0.25, 0.3) is 11.3 Å². The van der Waals surface area contributed by atoms with Crippen molar-refractivity contribution in [3.8, 4) is 22.8 Å². The normalized spacial score (nSPS) is 10.6. The number of aromatic nitrogens is 3. The molecule has 0 radical (unpaired) electrons. The zero-order valence-electron chi connectivity index (χ0n) is 16.3. The summed E-state index contributed by atoms with van der Waals surface area (Å²) in [4.78, 5) is 17.1. The summed E-state index contributed by atoms with van der Waals surface area (Å²) in [5.74, 6) is 1.13. The second-order valence-corrected chi connectivity index (χ2v) is 7.72. The summed E-state index contributed by atoms with van der Waals surface area (Å²) in [6.07, 6.45) is 0. The Bertz CT molecular complexity index is 1160. The van der Waals surface area contributed by atoms with E-state index in [1.807, 2.05) is 36.6 Å². The second-order valence-electron chi connectivity index (χ2n) is 6.33. The van der Waals surface area contributed by atoms with Gasteiger partial charge in [0.05, 0.1) is 30.2 Å². The van der Waals surface area contributed by atoms with Crippen molar-refractivity contribution in [2.45, 2.75) is 13.5 Å². The molecule has 4 aromatic rings. The fourth-order valence-corrected chi connectivity index (χ4v) is 3.92. The molecule has 0 aliphatic carbocycles. The van der Waals surface area contributed by atoms with Crippen molar-refractivity contribution in [2.75, 3.05) is 12.4 Å². The third-order valence-corrected chi connectivity index (χ3v) is 5.74. The number of thiazole rings is 1. The zero-order valence-corrected chi connectivity index (χ0v) is 17.9. The highest BCUT2D eigenvalue weighted by molar-refractivity contribution is 7.14. The number of hydrogen-bond acceptors (Lipinski definition) is 8. The summed E-state index contributed by atoms with van der Waals surface area (Å²) < 4.78 is 19.3. The topological polar surface area (TPSA) is 86.2 Å². The highest BCUT2D eigenvalue weighted by atomic mass is 32.1. The smallest absolute Gasteiger partial charge is 0.257 e. The Labute approximate surface area is 181 Å². The van der Waals surface area contributed by atoms with Crippen molar-refractivity contribution in [1.82, 2.24) is 13.7 Å². The Morgan fingerprint density at radius 1 is 1.10 bits per heavy atom. The summed E-state index contributed by atoms with van der Waals surface area (Å²) in [5.41, 5.74) is 3.88. The van der Waals surface area contributed by atoms with Crippen molar-refractivity contribution >= 4 is 34.1 Å². The lowest BCUT2D eigenvalue weighted by atomic mass is 10.2. The average Bonchev–Trinajstić information content (AvgIpc) is 3.41. The molecule has 0 saturated carbocycles. The third-order valence-electron chi connectivity index (χ3n) is 4.33. The van der Waals surface area contributed by atoms with Crippen molar-refractivity contribution in [1.29, 1.82) is 0 Å². The summed E-state index contributed by atoms with van der Waals surface area (Å²) in [5, 5.41) is 5.28. The van der Waals surface area contributed by atoms with Crippen LogP contribution in [0.1, 0.15) is 21.7 Å². The van der Waals surface area contributed by atoms with Gasteiger partial charge in [0.1, 0.15) is 23.8 Å². The lowest BCUT2D eigenvalue weighted by Crippen LogP contribution is -2.11. The quantitative estimate of drug-likeness (QED) is 0.446. The molecule has 0 fully saturated rings. The molecular weight excluding hydrogens is 420 g/mol. The van der Waals surface area contributed by atoms with Crippen LogP contribution in [0, 0.1) is 6.92 Å². The first-order chi connectivity index (χ1) is 14.6. The Morgan fingerprint density at radius 3 is 2.67 bits per heavy atom. The first-order valence-corrected chi connectivity index (χ1v) is 10.7. The minimum absolute atomic E-state index is 0.248. The number of hydrogen-bond donors (Lipinski definition) is 1. The predicted octanol–water partition coefficient (Wildman–Crippen LogP) is 4.81. The lowest BCUT2D eigenvalue weighted by Gasteiger charge is -2.07. The van der Waals surface area contributed by atoms with Crippen LogP contribution in [0.4, 0.5) is 5.13 Å². The molecule has 1 amide bonds. The van der Waals surface area contributed by atoms with Crippen molar-refractivity contribution in [2.24, 2.45) is 0 Å². The Balaban J connectivity index is 1.41. The van der Waals surface area contributed by atoms with Crippen molar-refractivity contribution in [3.63, 3.8) is 0 Å². The van der Waals surface area contributed by atoms with Crippen LogP contribution in [0.5, 0.6) is 11.5 Å². The molecule has 0 atom stereocenters. The second kappa shape index (κ2) is 9.02. The highest BCUT2D eigenvalue weighted by Gasteiger charge is 2.12. The molecule has 2 heterocycles. The summed E-state index contributed by atoms with van der Waals surface area (Å²) in [7, 11) is 1.63. The molecule has 0 aliphatic heterocycles. The Morgan fingerprint density at radius 2 is 1.93 bits per heavy atom. The minimum Gasteiger partial charge on any atom is -0.497 e. The van der Waals surface area contributed by atoms with E-state index in [2.05, 4.69) is 19.0 Å². The molecule has 2 aromatic carbocycles. The number of carbonyl (C=O) groups is 1. The number of benzene rings is 2. The number of anilines is 1. The lowest BCUT2D eigenvalue weighted by molar-refractivity contribution is 0.102. The van der Waals surface area contributed by atoms with E-state index in [4.69, 9.17) is 9.47 Å². The van der Waals surface area contributed by atoms with E-state index in [-0.39, 0.29) is 5.91 Å². The number of nitrogens with zero attached hydrogens (tertiary/aromatic N) is 3. The SMILES string of the molecule is COc1ccc(-c2csc(NC(=O)c3cccc(OCc4nsnc4C)c3)n2)cc1. The van der Waals surface area contributed by atoms with Crippen LogP contribution in [-0.2, 0) is 6.61 Å². The number of nitrogens with one attached hydrogen (secondary N) is 1. The summed E-state index contributed by atoms with van der Waals surface area (Å²) in [6.45, 7) is 2.20. The molecule has 0 saturated heterocycles. The molecule has 0 bridgehead atoms. The summed E-state index contributed by atoms with van der Waals surface area (Å²) >= 11 is 2.53. The fraction of sp³-hybridized carbons (Fsp3) is 0.143. The molecule has 4 rings (SSSR count). The zero-order chi connectivity index (χ0) is 20.9. The van der Waals surface area contributed by atoms with Gasteiger partial charge >= 0.3 is 0 Å². The van der Waals surface area contributed by atoms with E-state index in [1.165, 1.54) is 11.3 Å². The van der Waals surface area contributed by atoms with Crippen LogP contribution in [0.15, 0.2) is 53.9 Å². The van der Waals surface area contributed by atoms with Crippen LogP contribution < -0.4 is 14.8 Å². The van der Waals surface area contributed by atoms with E-state index < -0.39 is 0 Å². The minimum atomic E-state index is -0.248. The maximum Gasteiger partial charge on any atom is 0.257 e. The maximum absolute atomic E-state index is 12.6. The average molecular weight is 439 g/mol. The van der Waals surface area contributed by atoms with Gasteiger partial charge in [0, 0.05) is 16.5 Å². The largest absolute Gasteiger partial charge is 0.497 e. The van der Waals surface area contributed by atoms with Crippen LogP contribution in [0.3, 0.4) is 0 Å². The Kier molecular flexibility index (Phi) is 6.01. The standard InChI is InChI=1S/C21H18N4O3S2/c1-13-18(25-30-24-13)11-28-17-5-3-4-15(10-17)20(26)23-21-22-19(12-29-21)14-6-8-16(27-2)9-7-14/h3-10,12H,11H2,1-2H3,(H,22,23,26). The van der Waals surface area contributed by atoms with Gasteiger partial charge < -0.3 is 9.47 Å². The number of methoxy groups -OCH3 is 1. The molecule has 0 spiro atoms. The van der Waals surface area contributed by atoms with E-state index in [1.54, 1.807) is 31.4 Å². The molecule has 0 unspecified atom stereocenters. The van der Waals surface area contributed by atoms with Gasteiger partial charge in [-0.1, -0.05) is 6.07 Å². The van der Waals surface area contributed by atoms with Gasteiger partial charge in [-0.15, -0.1) is 11.3 Å². The fourth-order valence-electron chi connectivity index (χ4n) is 2.65. The molecule has 152 valence electrons. The van der Waals surface area contributed by atoms with Gasteiger partial charge in [-0.05, 0) is 49.4 Å². The molecule has 7 nitrogen and oxygen atoms in total. The number of carbonyl (C=O) groups excluding carboxylic acids is 1. The first kappa shape index (κ1) is 20.0. The first-order valence-electron chi connectivity index (χ1n) is 9.04. The number of ether oxygens (including phenoxy) is 2. The van der Waals surface area contributed by atoms with Gasteiger partial charge in [-0.2, -0.15) is 8.75 Å². The third kappa shape index (κ3) is 4.64. The van der Waals surface area contributed by atoms with Crippen molar-refractivity contribution < 1.29 is 14.3 Å². The molecule has 9 heteroatoms. The van der Waals surface area contributed by atoms with Gasteiger partial charge in [-0.3, -0.25) is 10.1 Å². The molecule has 2 aromatic heterocycles. The Hall–Kier alpha value is -3.30. The molecular formula is C21H18N4O3S2. The van der Waals surface area contributed by atoms with E-state index in [9.17, 15) is 4.79 Å². The van der Waals surface area contributed by atoms with Gasteiger partial charge in [-0.25, -0.2) is 4.98 Å².